The lowest BCUT2D eigenvalue weighted by atomic mass is 9.80. The summed E-state index contributed by atoms with van der Waals surface area (Å²) in [5, 5.41) is 2.96. The molecule has 0 bridgehead atoms. The molecule has 0 saturated heterocycles. The Hall–Kier alpha value is -3.16. The lowest BCUT2D eigenvalue weighted by Gasteiger charge is -2.29. The zero-order valence-corrected chi connectivity index (χ0v) is 19.0. The van der Waals surface area contributed by atoms with Crippen molar-refractivity contribution in [2.75, 3.05) is 19.4 Å². The smallest absolute Gasteiger partial charge is 0.240 e. The van der Waals surface area contributed by atoms with Gasteiger partial charge in [0, 0.05) is 18.7 Å². The van der Waals surface area contributed by atoms with Gasteiger partial charge in [-0.05, 0) is 66.7 Å². The molecule has 2 N–H and O–H groups in total. The van der Waals surface area contributed by atoms with Crippen molar-refractivity contribution in [2.45, 2.75) is 29.7 Å². The van der Waals surface area contributed by atoms with Crippen LogP contribution in [0.2, 0.25) is 0 Å². The minimum absolute atomic E-state index is 0.0751. The second kappa shape index (κ2) is 7.46. The molecule has 1 amide bonds. The SMILES string of the molecule is CNS(=O)(=O)c1ccc2c(c1)C(C1C(C)=C(C3C=CC=CN3C)c3ccccc31)C(=O)N2. The van der Waals surface area contributed by atoms with Gasteiger partial charge in [0.25, 0.3) is 0 Å². The van der Waals surface area contributed by atoms with E-state index in [9.17, 15) is 13.2 Å². The summed E-state index contributed by atoms with van der Waals surface area (Å²) in [6.45, 7) is 2.10. The van der Waals surface area contributed by atoms with E-state index in [0.29, 0.717) is 5.69 Å². The van der Waals surface area contributed by atoms with Gasteiger partial charge in [-0.25, -0.2) is 13.1 Å². The second-order valence-corrected chi connectivity index (χ2v) is 10.3. The zero-order valence-electron chi connectivity index (χ0n) is 18.2. The van der Waals surface area contributed by atoms with Gasteiger partial charge in [0.1, 0.15) is 0 Å². The van der Waals surface area contributed by atoms with Gasteiger partial charge in [-0.3, -0.25) is 4.79 Å². The van der Waals surface area contributed by atoms with E-state index in [4.69, 9.17) is 0 Å². The number of hydrogen-bond acceptors (Lipinski definition) is 4. The summed E-state index contributed by atoms with van der Waals surface area (Å²) in [4.78, 5) is 15.5. The third kappa shape index (κ3) is 3.04. The average Bonchev–Trinajstić information content (AvgIpc) is 3.26. The molecule has 2 aliphatic heterocycles. The van der Waals surface area contributed by atoms with E-state index in [1.54, 1.807) is 12.1 Å². The molecule has 3 atom stereocenters. The third-order valence-corrected chi connectivity index (χ3v) is 8.16. The number of sulfonamides is 1. The summed E-state index contributed by atoms with van der Waals surface area (Å²) in [6.07, 6.45) is 8.27. The number of anilines is 1. The average molecular weight is 448 g/mol. The predicted molar refractivity (Wildman–Crippen MR) is 126 cm³/mol. The van der Waals surface area contributed by atoms with Crippen LogP contribution in [0, 0.1) is 0 Å². The molecule has 6 nitrogen and oxygen atoms in total. The van der Waals surface area contributed by atoms with Crippen LogP contribution >= 0.6 is 0 Å². The zero-order chi connectivity index (χ0) is 22.6. The normalized spacial score (nSPS) is 24.0. The van der Waals surface area contributed by atoms with Gasteiger partial charge in [0.2, 0.25) is 15.9 Å². The van der Waals surface area contributed by atoms with E-state index >= 15 is 0 Å². The Morgan fingerprint density at radius 2 is 1.81 bits per heavy atom. The van der Waals surface area contributed by atoms with E-state index < -0.39 is 15.9 Å². The molecule has 2 aromatic carbocycles. The van der Waals surface area contributed by atoms with Crippen LogP contribution in [0.3, 0.4) is 0 Å². The number of fused-ring (bicyclic) bond motifs is 2. The molecule has 2 aromatic rings. The van der Waals surface area contributed by atoms with E-state index in [2.05, 4.69) is 40.1 Å². The Bertz CT molecular complexity index is 1320. The first-order valence-electron chi connectivity index (χ1n) is 10.6. The molecular formula is C25H25N3O3S. The van der Waals surface area contributed by atoms with Gasteiger partial charge in [0.05, 0.1) is 16.9 Å². The van der Waals surface area contributed by atoms with Crippen LogP contribution in [0.4, 0.5) is 5.69 Å². The quantitative estimate of drug-likeness (QED) is 0.751. The molecule has 0 aromatic heterocycles. The summed E-state index contributed by atoms with van der Waals surface area (Å²) < 4.78 is 27.2. The molecule has 7 heteroatoms. The number of carbonyl (C=O) groups excluding carboxylic acids is 1. The molecule has 1 aliphatic carbocycles. The highest BCUT2D eigenvalue weighted by atomic mass is 32.2. The fraction of sp³-hybridized carbons (Fsp3) is 0.240. The van der Waals surface area contributed by atoms with Crippen molar-refractivity contribution < 1.29 is 13.2 Å². The summed E-state index contributed by atoms with van der Waals surface area (Å²) in [7, 11) is -0.182. The van der Waals surface area contributed by atoms with Gasteiger partial charge in [-0.1, -0.05) is 42.0 Å². The summed E-state index contributed by atoms with van der Waals surface area (Å²) in [5.41, 5.74) is 5.98. The standard InChI is InChI=1S/C25H25N3O3S/c1-15-22(21-10-6-7-13-28(21)3)17-8-4-5-9-18(17)23(15)24-19-14-16(32(30,31)26-2)11-12-20(19)27-25(24)29/h4-14,21,23-24,26H,1-3H3,(H,27,29). The summed E-state index contributed by atoms with van der Waals surface area (Å²) in [5.74, 6) is -0.765. The van der Waals surface area contributed by atoms with Crippen LogP contribution in [0.25, 0.3) is 5.57 Å². The molecule has 164 valence electrons. The molecule has 3 unspecified atom stereocenters. The fourth-order valence-corrected chi connectivity index (χ4v) is 5.98. The number of benzene rings is 2. The number of amides is 1. The van der Waals surface area contributed by atoms with Crippen molar-refractivity contribution >= 4 is 27.2 Å². The first kappa shape index (κ1) is 20.7. The highest BCUT2D eigenvalue weighted by molar-refractivity contribution is 7.89. The van der Waals surface area contributed by atoms with Crippen molar-refractivity contribution in [2.24, 2.45) is 0 Å². The lowest BCUT2D eigenvalue weighted by molar-refractivity contribution is -0.117. The Balaban J connectivity index is 1.67. The van der Waals surface area contributed by atoms with Crippen LogP contribution in [-0.4, -0.2) is 39.4 Å². The molecule has 32 heavy (non-hydrogen) atoms. The van der Waals surface area contributed by atoms with E-state index in [-0.39, 0.29) is 22.8 Å². The van der Waals surface area contributed by atoms with Crippen LogP contribution < -0.4 is 10.0 Å². The van der Waals surface area contributed by atoms with Crippen LogP contribution in [0.15, 0.2) is 77.4 Å². The minimum Gasteiger partial charge on any atom is -0.370 e. The van der Waals surface area contributed by atoms with Gasteiger partial charge in [-0.15, -0.1) is 0 Å². The van der Waals surface area contributed by atoms with Crippen molar-refractivity contribution in [3.63, 3.8) is 0 Å². The molecule has 0 saturated carbocycles. The Morgan fingerprint density at radius 3 is 2.56 bits per heavy atom. The third-order valence-electron chi connectivity index (χ3n) is 6.75. The van der Waals surface area contributed by atoms with Crippen LogP contribution in [0.1, 0.15) is 35.4 Å². The molecule has 2 heterocycles. The monoisotopic (exact) mass is 447 g/mol. The molecule has 0 spiro atoms. The number of carbonyl (C=O) groups is 1. The van der Waals surface area contributed by atoms with E-state index in [1.807, 2.05) is 37.5 Å². The van der Waals surface area contributed by atoms with Gasteiger partial charge >= 0.3 is 0 Å². The van der Waals surface area contributed by atoms with E-state index in [1.165, 1.54) is 18.7 Å². The van der Waals surface area contributed by atoms with Crippen LogP contribution in [-0.2, 0) is 14.8 Å². The first-order chi connectivity index (χ1) is 15.3. The largest absolute Gasteiger partial charge is 0.370 e. The first-order valence-corrected chi connectivity index (χ1v) is 12.1. The molecule has 0 radical (unpaired) electrons. The maximum absolute atomic E-state index is 13.2. The number of hydrogen-bond donors (Lipinski definition) is 2. The Kier molecular flexibility index (Phi) is 4.83. The minimum atomic E-state index is -3.62. The number of rotatable bonds is 4. The fourth-order valence-electron chi connectivity index (χ4n) is 5.21. The second-order valence-electron chi connectivity index (χ2n) is 8.42. The van der Waals surface area contributed by atoms with Gasteiger partial charge in [-0.2, -0.15) is 0 Å². The number of nitrogens with one attached hydrogen (secondary N) is 2. The molecule has 5 rings (SSSR count). The summed E-state index contributed by atoms with van der Waals surface area (Å²) in [6, 6.07) is 13.1. The van der Waals surface area contributed by atoms with Crippen molar-refractivity contribution in [1.82, 2.24) is 9.62 Å². The maximum atomic E-state index is 13.2. The van der Waals surface area contributed by atoms with Gasteiger partial charge < -0.3 is 10.2 Å². The topological polar surface area (TPSA) is 78.5 Å². The Morgan fingerprint density at radius 1 is 1.03 bits per heavy atom. The number of likely N-dealkylation sites (N-methyl/N-ethyl adjacent to an activating group) is 1. The molecule has 0 fully saturated rings. The van der Waals surface area contributed by atoms with Crippen LogP contribution in [0.5, 0.6) is 0 Å². The van der Waals surface area contributed by atoms with E-state index in [0.717, 1.165) is 22.3 Å². The maximum Gasteiger partial charge on any atom is 0.240 e. The number of nitrogens with zero attached hydrogens (tertiary/aromatic N) is 1. The highest BCUT2D eigenvalue weighted by Crippen LogP contribution is 2.53. The summed E-state index contributed by atoms with van der Waals surface area (Å²) >= 11 is 0. The molecular weight excluding hydrogens is 422 g/mol. The highest BCUT2D eigenvalue weighted by Gasteiger charge is 2.44. The Labute approximate surface area is 188 Å². The number of allylic oxidation sites excluding steroid dienone is 3. The predicted octanol–water partition coefficient (Wildman–Crippen LogP) is 3.59. The van der Waals surface area contributed by atoms with Crippen molar-refractivity contribution in [1.29, 1.82) is 0 Å². The van der Waals surface area contributed by atoms with Crippen molar-refractivity contribution in [3.8, 4) is 0 Å². The molecule has 3 aliphatic rings. The van der Waals surface area contributed by atoms with Crippen molar-refractivity contribution in [3.05, 3.63) is 89.2 Å². The van der Waals surface area contributed by atoms with Gasteiger partial charge in [0.15, 0.2) is 0 Å². The lowest BCUT2D eigenvalue weighted by Crippen LogP contribution is -2.28.